The Bertz CT molecular complexity index is 2020. The molecule has 0 radical (unpaired) electrons. The zero-order valence-electron chi connectivity index (χ0n) is 42.5. The molecule has 0 bridgehead atoms. The standard InChI is InChI=1S/C51H83N3O16P2/c1-4-6-7-8-9-10-11-12-13-14-15-16-20-23-26-29-32-42(55)34-35-47(57)68-43(38-65-46(56)33-30-27-24-21-18-17-19-22-25-28-31-41(3)5-2)39-66-71(61,62)70-72(63,64)67-40-44-48(58)49(59)50(69-44)54-37-36-45(52)53-51(54)60/h6-7,9-10,12-13,15-16,23,26,29,32,36-37,41-44,48-50,55,58-59H,4-5,8,11,14,17-22,24-25,27-28,30-31,33-35,38-40H2,1-3H3,(H,61,62)(H,63,64)(H2,52,53,60)/b7-6-,10-9-,13-12-,16-15-,26-23-,32-29-/t41?,42?,43-,44-,48-,49-,50-/m1/s1. The Labute approximate surface area is 426 Å². The van der Waals surface area contributed by atoms with Gasteiger partial charge in [0.15, 0.2) is 12.3 Å². The number of carbonyl (C=O) groups excluding carboxylic acids is 2. The lowest BCUT2D eigenvalue weighted by Crippen LogP contribution is -2.36. The molecule has 2 heterocycles. The van der Waals surface area contributed by atoms with Crippen LogP contribution in [0.15, 0.2) is 90.0 Å². The van der Waals surface area contributed by atoms with Gasteiger partial charge in [-0.05, 0) is 56.9 Å². The number of hydrogen-bond acceptors (Lipinski definition) is 16. The zero-order chi connectivity index (χ0) is 53.0. The molecule has 1 aromatic heterocycles. The van der Waals surface area contributed by atoms with Crippen molar-refractivity contribution in [1.82, 2.24) is 9.55 Å². The van der Waals surface area contributed by atoms with Crippen molar-refractivity contribution in [2.75, 3.05) is 25.6 Å². The molecule has 1 aliphatic heterocycles. The van der Waals surface area contributed by atoms with Crippen molar-refractivity contribution in [3.8, 4) is 0 Å². The van der Waals surface area contributed by atoms with Crippen LogP contribution in [-0.4, -0.2) is 96.9 Å². The van der Waals surface area contributed by atoms with E-state index in [1.54, 1.807) is 12.2 Å². The fraction of sp³-hybridized carbons (Fsp3) is 0.647. The molecule has 0 saturated carbocycles. The third kappa shape index (κ3) is 30.4. The molecule has 4 unspecified atom stereocenters. The number of aliphatic hydroxyl groups is 3. The molecular weight excluding hydrogens is 973 g/mol. The highest BCUT2D eigenvalue weighted by atomic mass is 31.3. The Balaban J connectivity index is 1.87. The summed E-state index contributed by atoms with van der Waals surface area (Å²) in [5, 5.41) is 31.3. The maximum atomic E-state index is 12.9. The molecule has 1 saturated heterocycles. The van der Waals surface area contributed by atoms with E-state index in [9.17, 15) is 48.6 Å². The van der Waals surface area contributed by atoms with Gasteiger partial charge in [0.1, 0.15) is 30.7 Å². The van der Waals surface area contributed by atoms with Crippen molar-refractivity contribution in [3.63, 3.8) is 0 Å². The predicted octanol–water partition coefficient (Wildman–Crippen LogP) is 9.33. The quantitative estimate of drug-likeness (QED) is 0.0117. The molecule has 0 amide bonds. The highest BCUT2D eigenvalue weighted by Gasteiger charge is 2.46. The van der Waals surface area contributed by atoms with Gasteiger partial charge >= 0.3 is 33.3 Å². The first-order valence-electron chi connectivity index (χ1n) is 25.5. The Kier molecular flexibility index (Phi) is 33.8. The topological polar surface area (TPSA) is 286 Å². The van der Waals surface area contributed by atoms with Gasteiger partial charge in [-0.2, -0.15) is 9.29 Å². The average Bonchev–Trinajstić information content (AvgIpc) is 3.61. The minimum absolute atomic E-state index is 0.0524. The van der Waals surface area contributed by atoms with Crippen molar-refractivity contribution in [2.24, 2.45) is 5.92 Å². The summed E-state index contributed by atoms with van der Waals surface area (Å²) in [5.41, 5.74) is 4.57. The number of allylic oxidation sites excluding steroid dienone is 11. The second-order valence-electron chi connectivity index (χ2n) is 17.7. The van der Waals surface area contributed by atoms with Crippen molar-refractivity contribution >= 4 is 33.4 Å². The number of anilines is 1. The highest BCUT2D eigenvalue weighted by Crippen LogP contribution is 2.60. The lowest BCUT2D eigenvalue weighted by atomic mass is 9.99. The molecular formula is C51H83N3O16P2. The van der Waals surface area contributed by atoms with E-state index in [-0.39, 0.29) is 25.1 Å². The summed E-state index contributed by atoms with van der Waals surface area (Å²) >= 11 is 0. The minimum Gasteiger partial charge on any atom is -0.462 e. The number of esters is 2. The van der Waals surface area contributed by atoms with E-state index in [0.717, 1.165) is 68.0 Å². The molecule has 0 aromatic carbocycles. The molecule has 1 aromatic rings. The molecule has 19 nitrogen and oxygen atoms in total. The van der Waals surface area contributed by atoms with Crippen molar-refractivity contribution in [3.05, 3.63) is 95.7 Å². The van der Waals surface area contributed by atoms with Gasteiger partial charge in [0, 0.05) is 19.0 Å². The highest BCUT2D eigenvalue weighted by molar-refractivity contribution is 7.61. The fourth-order valence-corrected chi connectivity index (χ4v) is 9.21. The van der Waals surface area contributed by atoms with Crippen LogP contribution in [0.5, 0.6) is 0 Å². The van der Waals surface area contributed by atoms with E-state index in [2.05, 4.69) is 72.6 Å². The number of hydrogen-bond donors (Lipinski definition) is 6. The average molecular weight is 1060 g/mol. The van der Waals surface area contributed by atoms with Gasteiger partial charge in [0.05, 0.1) is 19.3 Å². The number of unbranched alkanes of at least 4 members (excludes halogenated alkanes) is 9. The number of rotatable bonds is 40. The van der Waals surface area contributed by atoms with Crippen molar-refractivity contribution < 1.29 is 71.4 Å². The van der Waals surface area contributed by atoms with E-state index in [0.29, 0.717) is 12.8 Å². The van der Waals surface area contributed by atoms with Crippen LogP contribution >= 0.6 is 15.6 Å². The largest absolute Gasteiger partial charge is 0.481 e. The number of nitrogen functional groups attached to an aromatic ring is 1. The Hall–Kier alpha value is -3.84. The Morgan fingerprint density at radius 1 is 0.764 bits per heavy atom. The number of phosphoric acid groups is 2. The third-order valence-electron chi connectivity index (χ3n) is 11.5. The molecule has 0 spiro atoms. The lowest BCUT2D eigenvalue weighted by molar-refractivity contribution is -0.161. The maximum Gasteiger partial charge on any atom is 0.481 e. The molecule has 21 heteroatoms. The molecule has 408 valence electrons. The summed E-state index contributed by atoms with van der Waals surface area (Å²) in [4.78, 5) is 61.9. The van der Waals surface area contributed by atoms with E-state index >= 15 is 0 Å². The predicted molar refractivity (Wildman–Crippen MR) is 276 cm³/mol. The maximum absolute atomic E-state index is 12.9. The van der Waals surface area contributed by atoms with Crippen LogP contribution in [0.4, 0.5) is 5.82 Å². The molecule has 0 aliphatic carbocycles. The number of nitrogens with two attached hydrogens (primary N) is 1. The summed E-state index contributed by atoms with van der Waals surface area (Å²) in [7, 11) is -11.0. The molecule has 9 atom stereocenters. The van der Waals surface area contributed by atoms with Crippen LogP contribution in [0.2, 0.25) is 0 Å². The van der Waals surface area contributed by atoms with E-state index in [1.807, 2.05) is 12.2 Å². The van der Waals surface area contributed by atoms with E-state index in [4.69, 9.17) is 29.0 Å². The number of phosphoric ester groups is 2. The van der Waals surface area contributed by atoms with Crippen LogP contribution in [0, 0.1) is 5.92 Å². The number of aromatic nitrogens is 2. The van der Waals surface area contributed by atoms with E-state index in [1.165, 1.54) is 57.1 Å². The molecule has 1 aliphatic rings. The number of nitrogens with zero attached hydrogens (tertiary/aromatic N) is 2. The van der Waals surface area contributed by atoms with Gasteiger partial charge in [-0.3, -0.25) is 23.2 Å². The Morgan fingerprint density at radius 2 is 1.33 bits per heavy atom. The van der Waals surface area contributed by atoms with Crippen molar-refractivity contribution in [2.45, 2.75) is 186 Å². The first-order chi connectivity index (χ1) is 34.5. The summed E-state index contributed by atoms with van der Waals surface area (Å²) in [6.07, 6.45) is 33.1. The molecule has 7 N–H and O–H groups in total. The number of aliphatic hydroxyl groups excluding tert-OH is 3. The van der Waals surface area contributed by atoms with Crippen molar-refractivity contribution in [1.29, 1.82) is 0 Å². The van der Waals surface area contributed by atoms with E-state index < -0.39 is 89.8 Å². The Morgan fingerprint density at radius 3 is 1.93 bits per heavy atom. The molecule has 72 heavy (non-hydrogen) atoms. The van der Waals surface area contributed by atoms with Crippen LogP contribution in [-0.2, 0) is 46.3 Å². The van der Waals surface area contributed by atoms with Gasteiger partial charge in [0.2, 0.25) is 0 Å². The summed E-state index contributed by atoms with van der Waals surface area (Å²) in [6, 6.07) is 1.23. The summed E-state index contributed by atoms with van der Waals surface area (Å²) in [5.74, 6) is -0.804. The SMILES string of the molecule is CC/C=C\C/C=C\C/C=C\C/C=C\C/C=C\C=C/C(O)CCC(=O)O[C@H](COC(=O)CCCCCCCCCCCCC(C)CC)COP(=O)(O)OP(=O)(O)OC[C@H]1O[C@@H](n2ccc(N)nc2=O)[C@H](O)[C@@H]1O. The summed E-state index contributed by atoms with van der Waals surface area (Å²) < 4.78 is 56.5. The number of carbonyl (C=O) groups is 2. The zero-order valence-corrected chi connectivity index (χ0v) is 44.3. The smallest absolute Gasteiger partial charge is 0.462 e. The lowest BCUT2D eigenvalue weighted by Gasteiger charge is -2.21. The van der Waals surface area contributed by atoms with Crippen LogP contribution in [0.1, 0.15) is 155 Å². The second kappa shape index (κ2) is 37.8. The van der Waals surface area contributed by atoms with Gasteiger partial charge < -0.3 is 45.1 Å². The number of ether oxygens (including phenoxy) is 3. The normalized spacial score (nSPS) is 20.6. The fourth-order valence-electron chi connectivity index (χ4n) is 7.10. The summed E-state index contributed by atoms with van der Waals surface area (Å²) in [6.45, 7) is 4.11. The molecule has 2 rings (SSSR count). The van der Waals surface area contributed by atoms with Gasteiger partial charge in [-0.25, -0.2) is 13.9 Å². The first-order valence-corrected chi connectivity index (χ1v) is 28.4. The van der Waals surface area contributed by atoms with Crippen LogP contribution in [0.3, 0.4) is 0 Å². The van der Waals surface area contributed by atoms with Crippen LogP contribution < -0.4 is 11.4 Å². The third-order valence-corrected chi connectivity index (χ3v) is 14.1. The second-order valence-corrected chi connectivity index (χ2v) is 20.8. The van der Waals surface area contributed by atoms with Crippen LogP contribution in [0.25, 0.3) is 0 Å². The minimum atomic E-state index is -5.49. The van der Waals surface area contributed by atoms with Gasteiger partial charge in [-0.1, -0.05) is 164 Å². The van der Waals surface area contributed by atoms with Gasteiger partial charge in [0.25, 0.3) is 0 Å². The monoisotopic (exact) mass is 1060 g/mol. The van der Waals surface area contributed by atoms with Gasteiger partial charge in [-0.15, -0.1) is 0 Å². The first kappa shape index (κ1) is 64.3. The molecule has 1 fully saturated rings.